The number of aryl methyl sites for hydroxylation is 1. The van der Waals surface area contributed by atoms with Crippen molar-refractivity contribution >= 4 is 46.3 Å². The number of hydrogen-bond acceptors (Lipinski definition) is 4. The number of carbonyl (C=O) groups is 1. The lowest BCUT2D eigenvalue weighted by Crippen LogP contribution is -2.11. The molecule has 0 saturated heterocycles. The second kappa shape index (κ2) is 9.56. The standard InChI is InChI=1S/C23H19Cl2N3O2S/c1-15-4-2-5-16(8-15)11-28-12-20(25)22(27-28)26-23(29)21-9-17(14-31-21)13-30-19-7-3-6-18(24)10-19/h2-10,12,14H,11,13H2,1H3,(H,26,27,29). The molecule has 2 aromatic carbocycles. The summed E-state index contributed by atoms with van der Waals surface area (Å²) in [6.07, 6.45) is 1.71. The van der Waals surface area contributed by atoms with Gasteiger partial charge >= 0.3 is 0 Å². The molecule has 0 fully saturated rings. The lowest BCUT2D eigenvalue weighted by molar-refractivity contribution is 0.103. The Bertz CT molecular complexity index is 1220. The van der Waals surface area contributed by atoms with Crippen molar-refractivity contribution in [3.8, 4) is 5.75 Å². The van der Waals surface area contributed by atoms with Gasteiger partial charge in [0.1, 0.15) is 17.4 Å². The van der Waals surface area contributed by atoms with Gasteiger partial charge in [-0.25, -0.2) is 0 Å². The number of nitrogens with zero attached hydrogens (tertiary/aromatic N) is 2. The fourth-order valence-electron chi connectivity index (χ4n) is 3.02. The van der Waals surface area contributed by atoms with Gasteiger partial charge in [-0.15, -0.1) is 11.3 Å². The molecule has 0 radical (unpaired) electrons. The SMILES string of the molecule is Cc1cccc(Cn2cc(Cl)c(NC(=O)c3cc(COc4cccc(Cl)c4)cs3)n2)c1. The maximum atomic E-state index is 12.6. The normalized spacial score (nSPS) is 10.8. The van der Waals surface area contributed by atoms with Crippen LogP contribution in [0.2, 0.25) is 10.0 Å². The maximum Gasteiger partial charge on any atom is 0.266 e. The van der Waals surface area contributed by atoms with Crippen molar-refractivity contribution in [2.24, 2.45) is 0 Å². The fraction of sp³-hybridized carbons (Fsp3) is 0.130. The molecule has 31 heavy (non-hydrogen) atoms. The first-order valence-electron chi connectivity index (χ1n) is 9.52. The third-order valence-electron chi connectivity index (χ3n) is 4.46. The number of amides is 1. The summed E-state index contributed by atoms with van der Waals surface area (Å²) in [5.41, 5.74) is 3.18. The Morgan fingerprint density at radius 3 is 2.77 bits per heavy atom. The van der Waals surface area contributed by atoms with Crippen molar-refractivity contribution < 1.29 is 9.53 Å². The van der Waals surface area contributed by atoms with Crippen molar-refractivity contribution in [3.05, 3.63) is 97.8 Å². The molecule has 158 valence electrons. The van der Waals surface area contributed by atoms with Gasteiger partial charge in [-0.2, -0.15) is 5.10 Å². The van der Waals surface area contributed by atoms with Crippen LogP contribution in [0.4, 0.5) is 5.82 Å². The summed E-state index contributed by atoms with van der Waals surface area (Å²) in [7, 11) is 0. The molecule has 4 aromatic rings. The number of rotatable bonds is 7. The summed E-state index contributed by atoms with van der Waals surface area (Å²) >= 11 is 13.6. The van der Waals surface area contributed by atoms with Crippen molar-refractivity contribution in [1.29, 1.82) is 0 Å². The molecular weight excluding hydrogens is 453 g/mol. The summed E-state index contributed by atoms with van der Waals surface area (Å²) in [4.78, 5) is 13.2. The zero-order valence-electron chi connectivity index (χ0n) is 16.6. The van der Waals surface area contributed by atoms with Gasteiger partial charge in [-0.05, 0) is 42.1 Å². The third-order valence-corrected chi connectivity index (χ3v) is 5.94. The van der Waals surface area contributed by atoms with Gasteiger partial charge in [0, 0.05) is 16.8 Å². The number of benzene rings is 2. The first-order chi connectivity index (χ1) is 15.0. The van der Waals surface area contributed by atoms with E-state index in [1.165, 1.54) is 16.9 Å². The van der Waals surface area contributed by atoms with Gasteiger partial charge < -0.3 is 10.1 Å². The highest BCUT2D eigenvalue weighted by molar-refractivity contribution is 7.12. The van der Waals surface area contributed by atoms with Crippen LogP contribution in [-0.2, 0) is 13.2 Å². The minimum absolute atomic E-state index is 0.262. The summed E-state index contributed by atoms with van der Waals surface area (Å²) in [5.74, 6) is 0.752. The molecule has 0 aliphatic heterocycles. The van der Waals surface area contributed by atoms with E-state index >= 15 is 0 Å². The predicted octanol–water partition coefficient (Wildman–Crippen LogP) is 6.44. The van der Waals surface area contributed by atoms with Crippen molar-refractivity contribution in [1.82, 2.24) is 9.78 Å². The third kappa shape index (κ3) is 5.67. The minimum Gasteiger partial charge on any atom is -0.489 e. The van der Waals surface area contributed by atoms with Crippen LogP contribution in [0.15, 0.2) is 66.2 Å². The number of anilines is 1. The van der Waals surface area contributed by atoms with Crippen LogP contribution >= 0.6 is 34.5 Å². The van der Waals surface area contributed by atoms with Gasteiger partial charge in [0.25, 0.3) is 5.91 Å². The Hall–Kier alpha value is -2.80. The number of carbonyl (C=O) groups excluding carboxylic acids is 1. The topological polar surface area (TPSA) is 56.2 Å². The molecule has 2 aromatic heterocycles. The van der Waals surface area contributed by atoms with Crippen LogP contribution in [0, 0.1) is 6.92 Å². The van der Waals surface area contributed by atoms with Crippen LogP contribution in [0.25, 0.3) is 0 Å². The van der Waals surface area contributed by atoms with Crippen molar-refractivity contribution in [2.45, 2.75) is 20.1 Å². The maximum absolute atomic E-state index is 12.6. The summed E-state index contributed by atoms with van der Waals surface area (Å²) < 4.78 is 7.44. The number of ether oxygens (including phenoxy) is 1. The number of thiophene rings is 1. The highest BCUT2D eigenvalue weighted by Gasteiger charge is 2.15. The van der Waals surface area contributed by atoms with E-state index in [9.17, 15) is 4.79 Å². The summed E-state index contributed by atoms with van der Waals surface area (Å²) in [5, 5.41) is 10.1. The highest BCUT2D eigenvalue weighted by Crippen LogP contribution is 2.24. The van der Waals surface area contributed by atoms with Gasteiger partial charge in [-0.3, -0.25) is 9.48 Å². The zero-order chi connectivity index (χ0) is 21.8. The number of halogens is 2. The largest absolute Gasteiger partial charge is 0.489 e. The highest BCUT2D eigenvalue weighted by atomic mass is 35.5. The van der Waals surface area contributed by atoms with E-state index in [0.717, 1.165) is 11.1 Å². The van der Waals surface area contributed by atoms with E-state index < -0.39 is 0 Å². The van der Waals surface area contributed by atoms with Crippen LogP contribution < -0.4 is 10.1 Å². The Morgan fingerprint density at radius 2 is 1.97 bits per heavy atom. The van der Waals surface area contributed by atoms with E-state index in [1.807, 2.05) is 42.6 Å². The molecule has 0 saturated carbocycles. The van der Waals surface area contributed by atoms with Gasteiger partial charge in [0.15, 0.2) is 5.82 Å². The van der Waals surface area contributed by atoms with Gasteiger partial charge in [0.2, 0.25) is 0 Å². The first kappa shape index (κ1) is 21.4. The Balaban J connectivity index is 1.38. The smallest absolute Gasteiger partial charge is 0.266 e. The summed E-state index contributed by atoms with van der Waals surface area (Å²) in [6.45, 7) is 2.96. The fourth-order valence-corrected chi connectivity index (χ4v) is 4.19. The molecular formula is C23H19Cl2N3O2S. The number of nitrogens with one attached hydrogen (secondary N) is 1. The van der Waals surface area contributed by atoms with Crippen LogP contribution in [0.5, 0.6) is 5.75 Å². The average molecular weight is 472 g/mol. The predicted molar refractivity (Wildman–Crippen MR) is 126 cm³/mol. The van der Waals surface area contributed by atoms with Gasteiger partial charge in [-0.1, -0.05) is 59.1 Å². The van der Waals surface area contributed by atoms with E-state index in [2.05, 4.69) is 16.5 Å². The lowest BCUT2D eigenvalue weighted by atomic mass is 10.1. The van der Waals surface area contributed by atoms with Crippen LogP contribution in [-0.4, -0.2) is 15.7 Å². The van der Waals surface area contributed by atoms with E-state index in [1.54, 1.807) is 29.1 Å². The quantitative estimate of drug-likeness (QED) is 0.337. The number of aromatic nitrogens is 2. The molecule has 4 rings (SSSR count). The van der Waals surface area contributed by atoms with E-state index in [4.69, 9.17) is 27.9 Å². The Labute approximate surface area is 194 Å². The molecule has 0 bridgehead atoms. The van der Waals surface area contributed by atoms with Crippen molar-refractivity contribution in [3.63, 3.8) is 0 Å². The Morgan fingerprint density at radius 1 is 1.13 bits per heavy atom. The van der Waals surface area contributed by atoms with Gasteiger partial charge in [0.05, 0.1) is 11.4 Å². The molecule has 1 amide bonds. The van der Waals surface area contributed by atoms with Crippen LogP contribution in [0.3, 0.4) is 0 Å². The monoisotopic (exact) mass is 471 g/mol. The molecule has 0 atom stereocenters. The molecule has 1 N–H and O–H groups in total. The number of hydrogen-bond donors (Lipinski definition) is 1. The summed E-state index contributed by atoms with van der Waals surface area (Å²) in [6, 6.07) is 17.1. The first-order valence-corrected chi connectivity index (χ1v) is 11.2. The second-order valence-electron chi connectivity index (χ2n) is 7.03. The zero-order valence-corrected chi connectivity index (χ0v) is 19.0. The molecule has 2 heterocycles. The molecule has 0 unspecified atom stereocenters. The molecule has 0 aliphatic rings. The van der Waals surface area contributed by atoms with E-state index in [0.29, 0.717) is 39.6 Å². The molecule has 8 heteroatoms. The minimum atomic E-state index is -0.262. The lowest BCUT2D eigenvalue weighted by Gasteiger charge is -2.04. The molecule has 0 aliphatic carbocycles. The van der Waals surface area contributed by atoms with Crippen LogP contribution in [0.1, 0.15) is 26.4 Å². The Kier molecular flexibility index (Phi) is 6.61. The molecule has 5 nitrogen and oxygen atoms in total. The second-order valence-corrected chi connectivity index (χ2v) is 8.79. The average Bonchev–Trinajstić information content (AvgIpc) is 3.33. The van der Waals surface area contributed by atoms with Crippen molar-refractivity contribution in [2.75, 3.05) is 5.32 Å². The van der Waals surface area contributed by atoms with E-state index in [-0.39, 0.29) is 5.91 Å². The molecule has 0 spiro atoms.